The normalized spacial score (nSPS) is 10.4. The Labute approximate surface area is 83.3 Å². The summed E-state index contributed by atoms with van der Waals surface area (Å²) in [7, 11) is 0. The Balaban J connectivity index is 2.73. The molecule has 0 atom stereocenters. The van der Waals surface area contributed by atoms with Crippen LogP contribution >= 0.6 is 0 Å². The number of fused-ring (bicyclic) bond motifs is 1. The van der Waals surface area contributed by atoms with Gasteiger partial charge in [-0.05, 0) is 30.0 Å². The summed E-state index contributed by atoms with van der Waals surface area (Å²) in [5.74, 6) is 0.329. The molecule has 0 aliphatic rings. The fourth-order valence-electron chi connectivity index (χ4n) is 1.53. The van der Waals surface area contributed by atoms with Crippen molar-refractivity contribution < 1.29 is 5.11 Å². The van der Waals surface area contributed by atoms with E-state index in [4.69, 9.17) is 0 Å². The average molecular weight is 184 g/mol. The van der Waals surface area contributed by atoms with E-state index >= 15 is 0 Å². The first kappa shape index (κ1) is 8.82. The van der Waals surface area contributed by atoms with Gasteiger partial charge < -0.3 is 5.11 Å². The van der Waals surface area contributed by atoms with Crippen LogP contribution in [-0.2, 0) is 0 Å². The van der Waals surface area contributed by atoms with Gasteiger partial charge in [0.2, 0.25) is 0 Å². The summed E-state index contributed by atoms with van der Waals surface area (Å²) in [5.41, 5.74) is 2.15. The Bertz CT molecular complexity index is 498. The van der Waals surface area contributed by atoms with E-state index < -0.39 is 0 Å². The van der Waals surface area contributed by atoms with E-state index in [0.717, 1.165) is 21.9 Å². The lowest BCUT2D eigenvalue weighted by molar-refractivity contribution is 0.481. The summed E-state index contributed by atoms with van der Waals surface area (Å²) in [6, 6.07) is 11.5. The molecule has 0 spiro atoms. The van der Waals surface area contributed by atoms with Gasteiger partial charge in [0.05, 0.1) is 0 Å². The summed E-state index contributed by atoms with van der Waals surface area (Å²) >= 11 is 0. The second-order valence-corrected chi connectivity index (χ2v) is 3.49. The molecule has 0 amide bonds. The molecule has 0 aliphatic heterocycles. The number of aromatic hydroxyl groups is 1. The van der Waals surface area contributed by atoms with Gasteiger partial charge >= 0.3 is 0 Å². The van der Waals surface area contributed by atoms with Crippen LogP contribution in [0, 0.1) is 0 Å². The number of phenolic OH excluding ortho intramolecular Hbond substituents is 1. The molecule has 0 radical (unpaired) electrons. The molecule has 0 saturated heterocycles. The number of allylic oxidation sites excluding steroid dienone is 1. The molecule has 0 bridgehead atoms. The van der Waals surface area contributed by atoms with Crippen molar-refractivity contribution in [2.45, 2.75) is 6.92 Å². The maximum atomic E-state index is 9.58. The van der Waals surface area contributed by atoms with Gasteiger partial charge in [-0.3, -0.25) is 0 Å². The molecule has 1 nitrogen and oxygen atoms in total. The van der Waals surface area contributed by atoms with Crippen molar-refractivity contribution in [3.05, 3.63) is 48.5 Å². The minimum Gasteiger partial charge on any atom is -0.507 e. The highest BCUT2D eigenvalue weighted by molar-refractivity contribution is 5.90. The molecule has 0 aromatic heterocycles. The summed E-state index contributed by atoms with van der Waals surface area (Å²) in [4.78, 5) is 0. The molecule has 0 unspecified atom stereocenters. The molecule has 0 saturated carbocycles. The molecule has 0 fully saturated rings. The van der Waals surface area contributed by atoms with Crippen LogP contribution in [0.2, 0.25) is 0 Å². The van der Waals surface area contributed by atoms with Crippen LogP contribution in [0.3, 0.4) is 0 Å². The first-order chi connectivity index (χ1) is 6.68. The number of rotatable bonds is 1. The monoisotopic (exact) mass is 184 g/mol. The third-order valence-electron chi connectivity index (χ3n) is 2.35. The van der Waals surface area contributed by atoms with Crippen LogP contribution in [0.5, 0.6) is 5.75 Å². The van der Waals surface area contributed by atoms with Gasteiger partial charge in [0.1, 0.15) is 5.75 Å². The van der Waals surface area contributed by atoms with Crippen LogP contribution in [0.1, 0.15) is 12.5 Å². The Morgan fingerprint density at radius 1 is 1.21 bits per heavy atom. The third-order valence-corrected chi connectivity index (χ3v) is 2.35. The van der Waals surface area contributed by atoms with Crippen molar-refractivity contribution in [2.24, 2.45) is 0 Å². The van der Waals surface area contributed by atoms with Crippen molar-refractivity contribution in [2.75, 3.05) is 0 Å². The minimum absolute atomic E-state index is 0.329. The molecule has 2 rings (SSSR count). The van der Waals surface area contributed by atoms with Crippen molar-refractivity contribution in [3.63, 3.8) is 0 Å². The maximum Gasteiger partial charge on any atom is 0.123 e. The Hall–Kier alpha value is -1.76. The molecule has 70 valence electrons. The molecular weight excluding hydrogens is 172 g/mol. The lowest BCUT2D eigenvalue weighted by atomic mass is 10.0. The fourth-order valence-corrected chi connectivity index (χ4v) is 1.53. The van der Waals surface area contributed by atoms with E-state index in [1.54, 1.807) is 6.07 Å². The Morgan fingerprint density at radius 3 is 2.71 bits per heavy atom. The molecule has 1 N–H and O–H groups in total. The smallest absolute Gasteiger partial charge is 0.123 e. The van der Waals surface area contributed by atoms with Gasteiger partial charge in [-0.1, -0.05) is 36.4 Å². The number of benzene rings is 2. The van der Waals surface area contributed by atoms with Crippen molar-refractivity contribution >= 4 is 16.3 Å². The number of hydrogen-bond donors (Lipinski definition) is 1. The molecule has 0 heterocycles. The van der Waals surface area contributed by atoms with Crippen LogP contribution in [-0.4, -0.2) is 5.11 Å². The largest absolute Gasteiger partial charge is 0.507 e. The summed E-state index contributed by atoms with van der Waals surface area (Å²) in [6.45, 7) is 5.87. The Kier molecular flexibility index (Phi) is 2.01. The van der Waals surface area contributed by atoms with Gasteiger partial charge in [0.25, 0.3) is 0 Å². The third kappa shape index (κ3) is 1.37. The second kappa shape index (κ2) is 3.18. The zero-order valence-electron chi connectivity index (χ0n) is 8.12. The van der Waals surface area contributed by atoms with Gasteiger partial charge in [0, 0.05) is 5.39 Å². The van der Waals surface area contributed by atoms with E-state index in [-0.39, 0.29) is 0 Å². The predicted octanol–water partition coefficient (Wildman–Crippen LogP) is 3.58. The first-order valence-corrected chi connectivity index (χ1v) is 4.56. The van der Waals surface area contributed by atoms with Crippen LogP contribution in [0.15, 0.2) is 43.0 Å². The molecule has 14 heavy (non-hydrogen) atoms. The highest BCUT2D eigenvalue weighted by Gasteiger charge is 2.00. The van der Waals surface area contributed by atoms with Crippen molar-refractivity contribution in [1.82, 2.24) is 0 Å². The lowest BCUT2D eigenvalue weighted by Crippen LogP contribution is -1.79. The van der Waals surface area contributed by atoms with Gasteiger partial charge in [-0.25, -0.2) is 0 Å². The summed E-state index contributed by atoms with van der Waals surface area (Å²) in [6.07, 6.45) is 0. The van der Waals surface area contributed by atoms with Gasteiger partial charge in [-0.15, -0.1) is 0 Å². The van der Waals surface area contributed by atoms with E-state index in [9.17, 15) is 5.11 Å². The van der Waals surface area contributed by atoms with Gasteiger partial charge in [-0.2, -0.15) is 0 Å². The quantitative estimate of drug-likeness (QED) is 0.718. The Morgan fingerprint density at radius 2 is 2.00 bits per heavy atom. The molecule has 0 aliphatic carbocycles. The van der Waals surface area contributed by atoms with Crippen LogP contribution < -0.4 is 0 Å². The predicted molar refractivity (Wildman–Crippen MR) is 60.3 cm³/mol. The molecule has 2 aromatic carbocycles. The van der Waals surface area contributed by atoms with Crippen LogP contribution in [0.25, 0.3) is 16.3 Å². The highest BCUT2D eigenvalue weighted by atomic mass is 16.3. The van der Waals surface area contributed by atoms with E-state index in [1.807, 2.05) is 37.3 Å². The van der Waals surface area contributed by atoms with Crippen LogP contribution in [0.4, 0.5) is 0 Å². The average Bonchev–Trinajstić information content (AvgIpc) is 2.17. The lowest BCUT2D eigenvalue weighted by Gasteiger charge is -2.04. The van der Waals surface area contributed by atoms with E-state index in [0.29, 0.717) is 5.75 Å². The van der Waals surface area contributed by atoms with Crippen molar-refractivity contribution in [1.29, 1.82) is 0 Å². The zero-order valence-corrected chi connectivity index (χ0v) is 8.12. The second-order valence-electron chi connectivity index (χ2n) is 3.49. The molecule has 2 aromatic rings. The van der Waals surface area contributed by atoms with E-state index in [1.165, 1.54) is 0 Å². The number of phenols is 1. The minimum atomic E-state index is 0.329. The number of hydrogen-bond acceptors (Lipinski definition) is 1. The molecule has 1 heteroatoms. The first-order valence-electron chi connectivity index (χ1n) is 4.56. The topological polar surface area (TPSA) is 20.2 Å². The SMILES string of the molecule is C=C(C)c1ccc2c(O)cccc2c1. The highest BCUT2D eigenvalue weighted by Crippen LogP contribution is 2.26. The maximum absolute atomic E-state index is 9.58. The zero-order chi connectivity index (χ0) is 10.1. The standard InChI is InChI=1S/C13H12O/c1-9(2)10-6-7-12-11(8-10)4-3-5-13(12)14/h3-8,14H,1H2,2H3. The van der Waals surface area contributed by atoms with E-state index in [2.05, 4.69) is 6.58 Å². The summed E-state index contributed by atoms with van der Waals surface area (Å²) < 4.78 is 0. The molecular formula is C13H12O. The van der Waals surface area contributed by atoms with Crippen molar-refractivity contribution in [3.8, 4) is 5.75 Å². The fraction of sp³-hybridized carbons (Fsp3) is 0.0769. The van der Waals surface area contributed by atoms with Gasteiger partial charge in [0.15, 0.2) is 0 Å². The summed E-state index contributed by atoms with van der Waals surface area (Å²) in [5, 5.41) is 11.5.